The van der Waals surface area contributed by atoms with E-state index in [1.54, 1.807) is 20.2 Å². The highest BCUT2D eigenvalue weighted by molar-refractivity contribution is 6.35. The summed E-state index contributed by atoms with van der Waals surface area (Å²) in [6.07, 6.45) is 1.83. The van der Waals surface area contributed by atoms with Gasteiger partial charge in [-0.2, -0.15) is 0 Å². The maximum Gasteiger partial charge on any atom is 0.234 e. The number of guanidine groups is 1. The number of methoxy groups -OCH3 is 1. The van der Waals surface area contributed by atoms with Crippen molar-refractivity contribution in [2.45, 2.75) is 12.8 Å². The summed E-state index contributed by atoms with van der Waals surface area (Å²) in [5.41, 5.74) is 1.10. The minimum Gasteiger partial charge on any atom is -0.383 e. The summed E-state index contributed by atoms with van der Waals surface area (Å²) in [6, 6.07) is 5.62. The predicted molar refractivity (Wildman–Crippen MR) is 119 cm³/mol. The molecule has 0 atom stereocenters. The number of ether oxygens (including phenoxy) is 1. The largest absolute Gasteiger partial charge is 0.383 e. The average Bonchev–Trinajstić information content (AvgIpc) is 2.70. The highest BCUT2D eigenvalue weighted by atomic mass is 35.5. The van der Waals surface area contributed by atoms with Crippen LogP contribution in [0, 0.1) is 0 Å². The third kappa shape index (κ3) is 8.38. The first-order valence-corrected chi connectivity index (χ1v) is 10.7. The first-order valence-electron chi connectivity index (χ1n) is 9.91. The summed E-state index contributed by atoms with van der Waals surface area (Å²) in [5.74, 6) is 0.940. The fourth-order valence-corrected chi connectivity index (χ4v) is 3.71. The Kier molecular flexibility index (Phi) is 10.6. The summed E-state index contributed by atoms with van der Waals surface area (Å²) in [6.45, 7) is 5.66. The molecule has 9 heteroatoms. The van der Waals surface area contributed by atoms with Gasteiger partial charge in [0.1, 0.15) is 0 Å². The average molecular weight is 444 g/mol. The first kappa shape index (κ1) is 23.7. The van der Waals surface area contributed by atoms with Gasteiger partial charge >= 0.3 is 0 Å². The molecule has 1 aromatic carbocycles. The van der Waals surface area contributed by atoms with Gasteiger partial charge in [0.2, 0.25) is 5.91 Å². The second-order valence-corrected chi connectivity index (χ2v) is 7.76. The summed E-state index contributed by atoms with van der Waals surface area (Å²) in [4.78, 5) is 20.7. The van der Waals surface area contributed by atoms with Crippen LogP contribution in [0.15, 0.2) is 23.2 Å². The molecule has 1 aliphatic heterocycles. The lowest BCUT2D eigenvalue weighted by Gasteiger charge is -2.36. The van der Waals surface area contributed by atoms with E-state index in [9.17, 15) is 4.79 Å². The Bertz CT molecular complexity index is 679. The van der Waals surface area contributed by atoms with Crippen molar-refractivity contribution in [2.75, 3.05) is 66.6 Å². The van der Waals surface area contributed by atoms with E-state index >= 15 is 0 Å². The van der Waals surface area contributed by atoms with Gasteiger partial charge in [-0.3, -0.25) is 14.7 Å². The van der Waals surface area contributed by atoms with Crippen LogP contribution in [0.1, 0.15) is 12.0 Å². The lowest BCUT2D eigenvalue weighted by atomic mass is 10.1. The van der Waals surface area contributed by atoms with Crippen molar-refractivity contribution in [1.29, 1.82) is 0 Å². The van der Waals surface area contributed by atoms with Crippen LogP contribution in [0.2, 0.25) is 10.0 Å². The molecular weight excluding hydrogens is 413 g/mol. The van der Waals surface area contributed by atoms with Gasteiger partial charge in [0.05, 0.1) is 13.2 Å². The van der Waals surface area contributed by atoms with Crippen LogP contribution in [0.3, 0.4) is 0 Å². The molecule has 0 aliphatic carbocycles. The molecule has 0 aromatic heterocycles. The molecule has 1 fully saturated rings. The molecule has 2 N–H and O–H groups in total. The van der Waals surface area contributed by atoms with Crippen LogP contribution in [0.25, 0.3) is 0 Å². The number of halogens is 2. The third-order valence-corrected chi connectivity index (χ3v) is 5.39. The fourth-order valence-electron chi connectivity index (χ4n) is 3.21. The van der Waals surface area contributed by atoms with Gasteiger partial charge in [0.15, 0.2) is 5.96 Å². The van der Waals surface area contributed by atoms with Crippen LogP contribution in [0.4, 0.5) is 0 Å². The highest BCUT2D eigenvalue weighted by Crippen LogP contribution is 2.21. The summed E-state index contributed by atoms with van der Waals surface area (Å²) >= 11 is 12.2. The molecule has 0 bridgehead atoms. The quantitative estimate of drug-likeness (QED) is 0.346. The van der Waals surface area contributed by atoms with Crippen LogP contribution in [-0.4, -0.2) is 88.2 Å². The van der Waals surface area contributed by atoms with E-state index in [0.29, 0.717) is 29.7 Å². The maximum atomic E-state index is 11.9. The number of carbonyl (C=O) groups is 1. The van der Waals surface area contributed by atoms with Crippen LogP contribution in [0.5, 0.6) is 0 Å². The van der Waals surface area contributed by atoms with Crippen LogP contribution < -0.4 is 10.6 Å². The number of nitrogens with zero attached hydrogens (tertiary/aromatic N) is 3. The van der Waals surface area contributed by atoms with E-state index in [0.717, 1.165) is 57.1 Å². The molecule has 1 aliphatic rings. The Morgan fingerprint density at radius 2 is 1.93 bits per heavy atom. The summed E-state index contributed by atoms with van der Waals surface area (Å²) in [5, 5.41) is 7.65. The normalized spacial score (nSPS) is 15.4. The van der Waals surface area contributed by atoms with Gasteiger partial charge < -0.3 is 20.3 Å². The van der Waals surface area contributed by atoms with E-state index in [1.807, 2.05) is 12.1 Å². The molecule has 1 amide bonds. The van der Waals surface area contributed by atoms with Crippen molar-refractivity contribution in [3.05, 3.63) is 33.8 Å². The number of carbonyl (C=O) groups excluding carboxylic acids is 1. The third-order valence-electron chi connectivity index (χ3n) is 4.80. The maximum absolute atomic E-state index is 11.9. The van der Waals surface area contributed by atoms with Gasteiger partial charge in [-0.05, 0) is 30.5 Å². The molecule has 7 nitrogen and oxygen atoms in total. The monoisotopic (exact) mass is 443 g/mol. The lowest BCUT2D eigenvalue weighted by Crippen LogP contribution is -2.54. The zero-order valence-electron chi connectivity index (χ0n) is 17.2. The van der Waals surface area contributed by atoms with Gasteiger partial charge in [-0.25, -0.2) is 0 Å². The smallest absolute Gasteiger partial charge is 0.234 e. The molecule has 2 rings (SSSR count). The summed E-state index contributed by atoms with van der Waals surface area (Å²) < 4.78 is 4.94. The Balaban J connectivity index is 1.67. The summed E-state index contributed by atoms with van der Waals surface area (Å²) in [7, 11) is 3.42. The number of aryl methyl sites for hydroxylation is 1. The molecule has 29 heavy (non-hydrogen) atoms. The zero-order chi connectivity index (χ0) is 21.1. The first-order chi connectivity index (χ1) is 14.0. The molecule has 1 saturated heterocycles. The molecule has 1 heterocycles. The molecule has 162 valence electrons. The molecule has 0 unspecified atom stereocenters. The number of nitrogens with one attached hydrogen (secondary N) is 2. The van der Waals surface area contributed by atoms with E-state index < -0.39 is 0 Å². The topological polar surface area (TPSA) is 69.2 Å². The molecule has 1 aromatic rings. The fraction of sp³-hybridized carbons (Fsp3) is 0.600. The number of hydrogen-bond donors (Lipinski definition) is 2. The molecule has 0 radical (unpaired) electrons. The van der Waals surface area contributed by atoms with Crippen molar-refractivity contribution in [3.8, 4) is 0 Å². The lowest BCUT2D eigenvalue weighted by molar-refractivity contribution is -0.122. The number of benzene rings is 1. The minimum atomic E-state index is 0.0406. The predicted octanol–water partition coefficient (Wildman–Crippen LogP) is 1.88. The molecular formula is C20H31Cl2N5O2. The second-order valence-electron chi connectivity index (χ2n) is 6.92. The van der Waals surface area contributed by atoms with E-state index in [2.05, 4.69) is 25.4 Å². The Labute approximate surface area is 183 Å². The Hall–Kier alpha value is -1.54. The number of aliphatic imine (C=N–C) groups is 1. The highest BCUT2D eigenvalue weighted by Gasteiger charge is 2.20. The van der Waals surface area contributed by atoms with E-state index in [4.69, 9.17) is 27.9 Å². The van der Waals surface area contributed by atoms with Crippen LogP contribution in [-0.2, 0) is 16.0 Å². The van der Waals surface area contributed by atoms with E-state index in [1.165, 1.54) is 0 Å². The molecule has 0 saturated carbocycles. The SMILES string of the molecule is CN=C(NCCCc1ccc(Cl)cc1Cl)N1CCN(CC(=O)NCCOC)CC1. The Morgan fingerprint density at radius 1 is 1.17 bits per heavy atom. The van der Waals surface area contributed by atoms with E-state index in [-0.39, 0.29) is 5.91 Å². The number of piperazine rings is 1. The minimum absolute atomic E-state index is 0.0406. The molecule has 0 spiro atoms. The van der Waals surface area contributed by atoms with Crippen LogP contribution >= 0.6 is 23.2 Å². The van der Waals surface area contributed by atoms with Crippen molar-refractivity contribution >= 4 is 35.1 Å². The van der Waals surface area contributed by atoms with Gasteiger partial charge in [-0.15, -0.1) is 0 Å². The Morgan fingerprint density at radius 3 is 2.59 bits per heavy atom. The van der Waals surface area contributed by atoms with Gasteiger partial charge in [0.25, 0.3) is 0 Å². The van der Waals surface area contributed by atoms with Crippen molar-refractivity contribution in [2.24, 2.45) is 4.99 Å². The zero-order valence-corrected chi connectivity index (χ0v) is 18.7. The van der Waals surface area contributed by atoms with Gasteiger partial charge in [-0.1, -0.05) is 29.3 Å². The standard InChI is InChI=1S/C20H31Cl2N5O2/c1-23-20(25-7-3-4-16-5-6-17(21)14-18(16)22)27-11-9-26(10-12-27)15-19(28)24-8-13-29-2/h5-6,14H,3-4,7-13,15H2,1-2H3,(H,23,25)(H,24,28). The van der Waals surface area contributed by atoms with Gasteiger partial charge in [0, 0.05) is 63.5 Å². The number of rotatable bonds is 9. The number of amides is 1. The van der Waals surface area contributed by atoms with Crippen molar-refractivity contribution < 1.29 is 9.53 Å². The van der Waals surface area contributed by atoms with Crippen molar-refractivity contribution in [1.82, 2.24) is 20.4 Å². The number of hydrogen-bond acceptors (Lipinski definition) is 4. The second kappa shape index (κ2) is 12.9. The van der Waals surface area contributed by atoms with Crippen molar-refractivity contribution in [3.63, 3.8) is 0 Å².